The Morgan fingerprint density at radius 1 is 0.789 bits per heavy atom. The summed E-state index contributed by atoms with van der Waals surface area (Å²) in [6.07, 6.45) is 0. The van der Waals surface area contributed by atoms with E-state index in [1.165, 1.54) is 17.0 Å². The molecule has 1 aromatic rings. The van der Waals surface area contributed by atoms with Crippen LogP contribution in [0.4, 0.5) is 0 Å². The first-order chi connectivity index (χ1) is 8.30. The van der Waals surface area contributed by atoms with E-state index in [1.807, 2.05) is 0 Å². The molecule has 2 heteroatoms. The van der Waals surface area contributed by atoms with Crippen molar-refractivity contribution in [2.45, 2.75) is 80.2 Å². The quantitative estimate of drug-likeness (QED) is 0.669. The van der Waals surface area contributed by atoms with E-state index in [-0.39, 0.29) is 21.8 Å². The molecule has 2 heterocycles. The van der Waals surface area contributed by atoms with Crippen molar-refractivity contribution >= 4 is 0 Å². The lowest BCUT2D eigenvalue weighted by Gasteiger charge is -2.63. The van der Waals surface area contributed by atoms with E-state index in [9.17, 15) is 0 Å². The Morgan fingerprint density at radius 3 is 1.74 bits per heavy atom. The van der Waals surface area contributed by atoms with Gasteiger partial charge in [-0.2, -0.15) is 5.10 Å². The number of hydrogen-bond donors (Lipinski definition) is 0. The molecule has 0 aromatic carbocycles. The van der Waals surface area contributed by atoms with Crippen molar-refractivity contribution in [1.82, 2.24) is 9.78 Å². The molecule has 1 aliphatic rings. The summed E-state index contributed by atoms with van der Waals surface area (Å²) in [6.45, 7) is 23.4. The highest BCUT2D eigenvalue weighted by molar-refractivity contribution is 5.37. The number of aryl methyl sites for hydroxylation is 1. The van der Waals surface area contributed by atoms with Crippen LogP contribution in [0.5, 0.6) is 0 Å². The summed E-state index contributed by atoms with van der Waals surface area (Å²) < 4.78 is 2.31. The third kappa shape index (κ3) is 1.35. The van der Waals surface area contributed by atoms with Gasteiger partial charge in [-0.3, -0.25) is 4.68 Å². The summed E-state index contributed by atoms with van der Waals surface area (Å²) in [6, 6.07) is 0. The van der Waals surface area contributed by atoms with Gasteiger partial charge in [-0.15, -0.1) is 0 Å². The number of nitrogens with zero attached hydrogens (tertiary/aromatic N) is 2. The van der Waals surface area contributed by atoms with Crippen molar-refractivity contribution in [3.8, 4) is 0 Å². The highest BCUT2D eigenvalue weighted by atomic mass is 15.4. The van der Waals surface area contributed by atoms with Gasteiger partial charge in [-0.25, -0.2) is 0 Å². The Hall–Kier alpha value is -0.790. The van der Waals surface area contributed by atoms with Gasteiger partial charge >= 0.3 is 0 Å². The minimum absolute atomic E-state index is 0.0143. The third-order valence-electron chi connectivity index (χ3n) is 7.14. The summed E-state index contributed by atoms with van der Waals surface area (Å²) >= 11 is 0. The van der Waals surface area contributed by atoms with Crippen LogP contribution in [-0.2, 0) is 11.0 Å². The summed E-state index contributed by atoms with van der Waals surface area (Å²) in [5.41, 5.74) is 4.42. The zero-order valence-corrected chi connectivity index (χ0v) is 14.4. The largest absolute Gasteiger partial charge is 0.262 e. The summed E-state index contributed by atoms with van der Waals surface area (Å²) in [7, 11) is 0. The van der Waals surface area contributed by atoms with Crippen LogP contribution in [0, 0.1) is 24.7 Å². The van der Waals surface area contributed by atoms with Crippen molar-refractivity contribution in [3.63, 3.8) is 0 Å². The predicted molar refractivity (Wildman–Crippen MR) is 81.6 cm³/mol. The molecule has 108 valence electrons. The lowest BCUT2D eigenvalue weighted by molar-refractivity contribution is -0.0941. The molecule has 0 aliphatic carbocycles. The van der Waals surface area contributed by atoms with Gasteiger partial charge in [0, 0.05) is 11.1 Å². The van der Waals surface area contributed by atoms with Crippen molar-refractivity contribution in [2.24, 2.45) is 10.8 Å². The maximum absolute atomic E-state index is 4.88. The van der Waals surface area contributed by atoms with Crippen LogP contribution in [0.2, 0.25) is 0 Å². The maximum Gasteiger partial charge on any atom is 0.0631 e. The molecule has 1 aromatic heterocycles. The van der Waals surface area contributed by atoms with Crippen LogP contribution in [-0.4, -0.2) is 9.78 Å². The molecule has 0 amide bonds. The van der Waals surface area contributed by atoms with Crippen LogP contribution in [0.1, 0.15) is 72.3 Å². The number of fused-ring (bicyclic) bond motifs is 1. The second-order valence-electron chi connectivity index (χ2n) is 8.40. The summed E-state index contributed by atoms with van der Waals surface area (Å²) in [4.78, 5) is 0. The van der Waals surface area contributed by atoms with E-state index in [0.717, 1.165) is 0 Å². The topological polar surface area (TPSA) is 17.8 Å². The van der Waals surface area contributed by atoms with E-state index in [1.54, 1.807) is 0 Å². The highest BCUT2D eigenvalue weighted by Gasteiger charge is 2.61. The Kier molecular flexibility index (Phi) is 2.65. The molecule has 0 spiro atoms. The lowest BCUT2D eigenvalue weighted by Crippen LogP contribution is -2.63. The van der Waals surface area contributed by atoms with Gasteiger partial charge in [0.25, 0.3) is 0 Å². The molecule has 0 N–H and O–H groups in total. The number of rotatable bonds is 0. The van der Waals surface area contributed by atoms with E-state index in [2.05, 4.69) is 73.9 Å². The van der Waals surface area contributed by atoms with Crippen LogP contribution < -0.4 is 0 Å². The molecular weight excluding hydrogens is 232 g/mol. The fraction of sp³-hybridized carbons (Fsp3) is 0.824. The van der Waals surface area contributed by atoms with E-state index in [4.69, 9.17) is 5.10 Å². The molecule has 0 saturated heterocycles. The standard InChI is InChI=1S/C17H30N2/c1-11-12(2)18-19-13(11)14(3,4)15(5,6)16(7,8)17(19,9)10/h1-10H3. The Bertz CT molecular complexity index is 528. The molecule has 0 atom stereocenters. The SMILES string of the molecule is Cc1nn2c(c1C)C(C)(C)C(C)(C)C(C)(C)C2(C)C. The van der Waals surface area contributed by atoms with Gasteiger partial charge in [-0.05, 0) is 44.1 Å². The van der Waals surface area contributed by atoms with E-state index >= 15 is 0 Å². The van der Waals surface area contributed by atoms with Crippen LogP contribution in [0.25, 0.3) is 0 Å². The molecule has 0 saturated carbocycles. The molecule has 1 aliphatic heterocycles. The maximum atomic E-state index is 4.88. The first kappa shape index (κ1) is 14.6. The zero-order chi connectivity index (χ0) is 15.0. The smallest absolute Gasteiger partial charge is 0.0631 e. The van der Waals surface area contributed by atoms with Crippen LogP contribution in [0.15, 0.2) is 0 Å². The van der Waals surface area contributed by atoms with Crippen LogP contribution >= 0.6 is 0 Å². The second-order valence-corrected chi connectivity index (χ2v) is 8.40. The van der Waals surface area contributed by atoms with Crippen molar-refractivity contribution in [1.29, 1.82) is 0 Å². The van der Waals surface area contributed by atoms with E-state index in [0.29, 0.717) is 0 Å². The third-order valence-corrected chi connectivity index (χ3v) is 7.14. The molecule has 0 bridgehead atoms. The Balaban J connectivity index is 2.93. The molecule has 0 radical (unpaired) electrons. The number of aromatic nitrogens is 2. The molecule has 2 rings (SSSR count). The Labute approximate surface area is 118 Å². The van der Waals surface area contributed by atoms with Gasteiger partial charge in [0.2, 0.25) is 0 Å². The Morgan fingerprint density at radius 2 is 1.26 bits per heavy atom. The predicted octanol–water partition coefficient (Wildman–Crippen LogP) is 4.58. The average molecular weight is 262 g/mol. The second kappa shape index (κ2) is 3.45. The lowest BCUT2D eigenvalue weighted by atomic mass is 9.46. The van der Waals surface area contributed by atoms with Gasteiger partial charge in [0.05, 0.1) is 11.2 Å². The minimum Gasteiger partial charge on any atom is -0.262 e. The fourth-order valence-electron chi connectivity index (χ4n) is 3.85. The first-order valence-corrected chi connectivity index (χ1v) is 7.37. The summed E-state index contributed by atoms with van der Waals surface area (Å²) in [5.74, 6) is 0. The molecule has 0 unspecified atom stereocenters. The van der Waals surface area contributed by atoms with Crippen molar-refractivity contribution in [3.05, 3.63) is 17.0 Å². The molecular formula is C17H30N2. The molecule has 19 heavy (non-hydrogen) atoms. The minimum atomic E-state index is 0.0143. The molecule has 0 fully saturated rings. The van der Waals surface area contributed by atoms with Gasteiger partial charge in [0.15, 0.2) is 0 Å². The molecule has 2 nitrogen and oxygen atoms in total. The summed E-state index contributed by atoms with van der Waals surface area (Å²) in [5, 5.41) is 4.88. The zero-order valence-electron chi connectivity index (χ0n) is 14.4. The highest BCUT2D eigenvalue weighted by Crippen LogP contribution is 2.63. The van der Waals surface area contributed by atoms with Crippen LogP contribution in [0.3, 0.4) is 0 Å². The van der Waals surface area contributed by atoms with Crippen molar-refractivity contribution in [2.75, 3.05) is 0 Å². The normalized spacial score (nSPS) is 26.0. The van der Waals surface area contributed by atoms with E-state index < -0.39 is 0 Å². The average Bonchev–Trinajstić information content (AvgIpc) is 2.54. The monoisotopic (exact) mass is 262 g/mol. The first-order valence-electron chi connectivity index (χ1n) is 7.37. The van der Waals surface area contributed by atoms with Gasteiger partial charge in [-0.1, -0.05) is 41.5 Å². The fourth-order valence-corrected chi connectivity index (χ4v) is 3.85. The van der Waals surface area contributed by atoms with Crippen molar-refractivity contribution < 1.29 is 0 Å². The van der Waals surface area contributed by atoms with Gasteiger partial charge < -0.3 is 0 Å². The number of hydrogen-bond acceptors (Lipinski definition) is 1. The van der Waals surface area contributed by atoms with Gasteiger partial charge in [0.1, 0.15) is 0 Å².